The summed E-state index contributed by atoms with van der Waals surface area (Å²) in [6, 6.07) is 3.38. The number of halogens is 2. The van der Waals surface area contributed by atoms with Crippen LogP contribution in [0.2, 0.25) is 0 Å². The van der Waals surface area contributed by atoms with E-state index in [2.05, 4.69) is 20.1 Å². The quantitative estimate of drug-likeness (QED) is 0.466. The third-order valence-corrected chi connectivity index (χ3v) is 5.13. The van der Waals surface area contributed by atoms with Crippen LogP contribution in [-0.2, 0) is 0 Å². The third kappa shape index (κ3) is 4.24. The van der Waals surface area contributed by atoms with E-state index in [0.29, 0.717) is 11.5 Å². The molecule has 1 unspecified atom stereocenters. The molecule has 0 bridgehead atoms. The van der Waals surface area contributed by atoms with Gasteiger partial charge < -0.3 is 4.90 Å². The predicted octanol–water partition coefficient (Wildman–Crippen LogP) is 5.63. The minimum atomic E-state index is -0.510. The van der Waals surface area contributed by atoms with Crippen molar-refractivity contribution in [3.8, 4) is 0 Å². The molecule has 0 saturated heterocycles. The molecule has 0 heterocycles. The summed E-state index contributed by atoms with van der Waals surface area (Å²) in [6.07, 6.45) is 7.60. The van der Waals surface area contributed by atoms with Crippen molar-refractivity contribution < 1.29 is 8.78 Å². The fraction of sp³-hybridized carbons (Fsp3) is 0.348. The second-order valence-electron chi connectivity index (χ2n) is 7.42. The lowest BCUT2D eigenvalue weighted by atomic mass is 9.92. The van der Waals surface area contributed by atoms with E-state index in [4.69, 9.17) is 5.10 Å². The topological polar surface area (TPSA) is 18.8 Å². The highest BCUT2D eigenvalue weighted by atomic mass is 19.1. The van der Waals surface area contributed by atoms with Crippen molar-refractivity contribution in [3.63, 3.8) is 0 Å². The first kappa shape index (κ1) is 21.6. The number of nitrogens with zero attached hydrogens (tertiary/aromatic N) is 3. The summed E-state index contributed by atoms with van der Waals surface area (Å²) in [7, 11) is 3.76. The van der Waals surface area contributed by atoms with Crippen molar-refractivity contribution >= 4 is 5.71 Å². The Labute approximate surface area is 167 Å². The van der Waals surface area contributed by atoms with Gasteiger partial charge in [-0.05, 0) is 63.0 Å². The molecule has 0 N–H and O–H groups in total. The lowest BCUT2D eigenvalue weighted by molar-refractivity contribution is 0.151. The van der Waals surface area contributed by atoms with Gasteiger partial charge in [0.05, 0.1) is 11.3 Å². The number of allylic oxidation sites excluding steroid dienone is 3. The Balaban J connectivity index is 2.61. The summed E-state index contributed by atoms with van der Waals surface area (Å²) in [6.45, 7) is 14.1. The summed E-state index contributed by atoms with van der Waals surface area (Å²) in [4.78, 5) is 1.86. The van der Waals surface area contributed by atoms with Crippen molar-refractivity contribution in [1.29, 1.82) is 0 Å². The first-order valence-electron chi connectivity index (χ1n) is 9.30. The van der Waals surface area contributed by atoms with E-state index in [1.54, 1.807) is 11.9 Å². The Morgan fingerprint density at radius 1 is 1.29 bits per heavy atom. The maximum atomic E-state index is 14.3. The highest BCUT2D eigenvalue weighted by molar-refractivity contribution is 5.98. The van der Waals surface area contributed by atoms with Crippen LogP contribution in [0, 0.1) is 11.6 Å². The summed E-state index contributed by atoms with van der Waals surface area (Å²) < 4.78 is 27.9. The van der Waals surface area contributed by atoms with Crippen LogP contribution in [0.15, 0.2) is 71.7 Å². The van der Waals surface area contributed by atoms with Crippen LogP contribution in [-0.4, -0.2) is 35.3 Å². The Bertz CT molecular complexity index is 865. The molecule has 1 aromatic rings. The Morgan fingerprint density at radius 3 is 2.57 bits per heavy atom. The number of hydrogen-bond acceptors (Lipinski definition) is 3. The zero-order chi connectivity index (χ0) is 21.1. The van der Waals surface area contributed by atoms with Crippen LogP contribution in [0.1, 0.15) is 39.2 Å². The summed E-state index contributed by atoms with van der Waals surface area (Å²) >= 11 is 0. The molecule has 1 fully saturated rings. The first-order chi connectivity index (χ1) is 13.1. The van der Waals surface area contributed by atoms with Crippen LogP contribution < -0.4 is 0 Å². The third-order valence-electron chi connectivity index (χ3n) is 5.13. The van der Waals surface area contributed by atoms with Crippen molar-refractivity contribution in [3.05, 3.63) is 83.8 Å². The summed E-state index contributed by atoms with van der Waals surface area (Å²) in [5.74, 6) is -0.360. The molecule has 0 aromatic heterocycles. The second-order valence-corrected chi connectivity index (χ2v) is 7.42. The number of hydrazone groups is 1. The molecule has 5 heteroatoms. The van der Waals surface area contributed by atoms with Gasteiger partial charge in [0, 0.05) is 19.7 Å². The molecule has 3 nitrogen and oxygen atoms in total. The van der Waals surface area contributed by atoms with E-state index in [1.165, 1.54) is 0 Å². The highest BCUT2D eigenvalue weighted by Crippen LogP contribution is 2.44. The van der Waals surface area contributed by atoms with Gasteiger partial charge in [0.25, 0.3) is 0 Å². The van der Waals surface area contributed by atoms with Crippen LogP contribution in [0.3, 0.4) is 0 Å². The van der Waals surface area contributed by atoms with Crippen LogP contribution in [0.4, 0.5) is 8.78 Å². The molecule has 0 aliphatic heterocycles. The lowest BCUT2D eigenvalue weighted by Gasteiger charge is -2.41. The average Bonchev–Trinajstić information content (AvgIpc) is 2.94. The first-order valence-corrected chi connectivity index (χ1v) is 9.30. The van der Waals surface area contributed by atoms with Gasteiger partial charge in [0.15, 0.2) is 0 Å². The van der Waals surface area contributed by atoms with E-state index in [-0.39, 0.29) is 5.56 Å². The highest BCUT2D eigenvalue weighted by Gasteiger charge is 2.42. The SMILES string of the molecule is C=C1CCC(C)(N(/N=C(\C)c2cc(F)ccc2F)C(=C)N(C)C)/C1=C/C=C\C. The molecule has 0 amide bonds. The molecule has 1 atom stereocenters. The molecule has 1 aromatic carbocycles. The van der Waals surface area contributed by atoms with E-state index in [1.807, 2.05) is 44.1 Å². The van der Waals surface area contributed by atoms with Gasteiger partial charge in [-0.25, -0.2) is 13.8 Å². The number of hydrogen-bond donors (Lipinski definition) is 0. The van der Waals surface area contributed by atoms with Crippen LogP contribution >= 0.6 is 0 Å². The molecule has 0 radical (unpaired) electrons. The number of rotatable bonds is 6. The Kier molecular flexibility index (Phi) is 6.60. The zero-order valence-corrected chi connectivity index (χ0v) is 17.4. The molecule has 1 aliphatic carbocycles. The van der Waals surface area contributed by atoms with Gasteiger partial charge in [-0.15, -0.1) is 0 Å². The van der Waals surface area contributed by atoms with Crippen molar-refractivity contribution in [2.24, 2.45) is 5.10 Å². The smallest absolute Gasteiger partial charge is 0.132 e. The molecule has 0 spiro atoms. The van der Waals surface area contributed by atoms with E-state index < -0.39 is 17.2 Å². The van der Waals surface area contributed by atoms with E-state index in [9.17, 15) is 8.78 Å². The van der Waals surface area contributed by atoms with Crippen molar-refractivity contribution in [2.75, 3.05) is 14.1 Å². The number of benzene rings is 1. The maximum Gasteiger partial charge on any atom is 0.132 e. The van der Waals surface area contributed by atoms with Gasteiger partial charge in [0.2, 0.25) is 0 Å². The standard InChI is InChI=1S/C23H29F2N3/c1-8-9-10-21-16(2)13-14-23(21,5)28(18(4)27(6)7)26-17(3)20-15-19(24)11-12-22(20)25/h8-12,15H,2,4,13-14H2,1,3,5-7H3/b9-8-,21-10+,26-17+. The van der Waals surface area contributed by atoms with Gasteiger partial charge in [-0.1, -0.05) is 31.4 Å². The average molecular weight is 386 g/mol. The maximum absolute atomic E-state index is 14.3. The van der Waals surface area contributed by atoms with Crippen LogP contribution in [0.5, 0.6) is 0 Å². The summed E-state index contributed by atoms with van der Waals surface area (Å²) in [5, 5.41) is 6.52. The van der Waals surface area contributed by atoms with Gasteiger partial charge in [-0.3, -0.25) is 0 Å². The fourth-order valence-corrected chi connectivity index (χ4v) is 3.38. The van der Waals surface area contributed by atoms with Crippen molar-refractivity contribution in [2.45, 2.75) is 39.2 Å². The molecular formula is C23H29F2N3. The van der Waals surface area contributed by atoms with Gasteiger partial charge in [-0.2, -0.15) is 5.10 Å². The van der Waals surface area contributed by atoms with E-state index >= 15 is 0 Å². The largest absolute Gasteiger partial charge is 0.363 e. The molecule has 1 saturated carbocycles. The molecule has 150 valence electrons. The monoisotopic (exact) mass is 385 g/mol. The van der Waals surface area contributed by atoms with Gasteiger partial charge in [0.1, 0.15) is 17.5 Å². The molecule has 2 rings (SSSR count). The predicted molar refractivity (Wildman–Crippen MR) is 113 cm³/mol. The van der Waals surface area contributed by atoms with E-state index in [0.717, 1.165) is 42.2 Å². The van der Waals surface area contributed by atoms with Crippen molar-refractivity contribution in [1.82, 2.24) is 9.91 Å². The fourth-order valence-electron chi connectivity index (χ4n) is 3.38. The second kappa shape index (κ2) is 8.55. The Hall–Kier alpha value is -2.69. The minimum Gasteiger partial charge on any atom is -0.363 e. The zero-order valence-electron chi connectivity index (χ0n) is 17.4. The lowest BCUT2D eigenvalue weighted by Crippen LogP contribution is -2.45. The minimum absolute atomic E-state index is 0.135. The molecular weight excluding hydrogens is 356 g/mol. The Morgan fingerprint density at radius 2 is 1.96 bits per heavy atom. The normalized spacial score (nSPS) is 21.6. The summed E-state index contributed by atoms with van der Waals surface area (Å²) in [5.41, 5.74) is 2.12. The molecule has 1 aliphatic rings. The van der Waals surface area contributed by atoms with Gasteiger partial charge >= 0.3 is 0 Å². The molecule has 28 heavy (non-hydrogen) atoms. The van der Waals surface area contributed by atoms with Crippen LogP contribution in [0.25, 0.3) is 0 Å².